The van der Waals surface area contributed by atoms with Gasteiger partial charge < -0.3 is 10.4 Å². The molecule has 1 unspecified atom stereocenters. The summed E-state index contributed by atoms with van der Waals surface area (Å²) in [7, 11) is 0. The molecular weight excluding hydrogens is 322 g/mol. The van der Waals surface area contributed by atoms with Crippen LogP contribution in [0.15, 0.2) is 18.5 Å². The van der Waals surface area contributed by atoms with Crippen LogP contribution in [0.3, 0.4) is 0 Å². The monoisotopic (exact) mass is 339 g/mol. The number of carbonyl (C=O) groups excluding carboxylic acids is 1. The lowest BCUT2D eigenvalue weighted by atomic mass is 10.3. The minimum absolute atomic E-state index is 0.0874. The third-order valence-electron chi connectivity index (χ3n) is 3.35. The Morgan fingerprint density at radius 2 is 2.17 bits per heavy atom. The van der Waals surface area contributed by atoms with E-state index in [1.54, 1.807) is 17.8 Å². The van der Waals surface area contributed by atoms with Crippen LogP contribution < -0.4 is 5.32 Å². The second-order valence-electron chi connectivity index (χ2n) is 5.13. The molecule has 2 rings (SSSR count). The SMILES string of the molecule is Cc1nn(CCCNC(=O)C(C)n2ccc(C(=O)O)n2)cc1Cl. The van der Waals surface area contributed by atoms with Crippen molar-refractivity contribution in [2.45, 2.75) is 32.9 Å². The van der Waals surface area contributed by atoms with Crippen LogP contribution in [-0.2, 0) is 11.3 Å². The number of halogens is 1. The predicted molar refractivity (Wildman–Crippen MR) is 83.5 cm³/mol. The van der Waals surface area contributed by atoms with Gasteiger partial charge in [-0.3, -0.25) is 14.2 Å². The Bertz CT molecular complexity index is 690. The van der Waals surface area contributed by atoms with Crippen LogP contribution in [0.25, 0.3) is 0 Å². The van der Waals surface area contributed by atoms with Gasteiger partial charge in [-0.15, -0.1) is 0 Å². The standard InChI is InChI=1S/C14H18ClN5O3/c1-9-11(15)8-19(17-9)6-3-5-16-13(21)10(2)20-7-4-12(18-20)14(22)23/h4,7-8,10H,3,5-6H2,1-2H3,(H,16,21)(H,22,23). The van der Waals surface area contributed by atoms with E-state index in [1.165, 1.54) is 16.9 Å². The van der Waals surface area contributed by atoms with E-state index >= 15 is 0 Å². The molecular formula is C14H18ClN5O3. The van der Waals surface area contributed by atoms with E-state index < -0.39 is 12.0 Å². The number of carboxylic acid groups (broad SMARTS) is 1. The fraction of sp³-hybridized carbons (Fsp3) is 0.429. The van der Waals surface area contributed by atoms with Gasteiger partial charge in [0.1, 0.15) is 6.04 Å². The van der Waals surface area contributed by atoms with Crippen molar-refractivity contribution in [2.75, 3.05) is 6.54 Å². The molecule has 9 heteroatoms. The third-order valence-corrected chi connectivity index (χ3v) is 3.72. The molecule has 0 fully saturated rings. The molecule has 8 nitrogen and oxygen atoms in total. The van der Waals surface area contributed by atoms with Gasteiger partial charge >= 0.3 is 5.97 Å². The number of aromatic nitrogens is 4. The zero-order chi connectivity index (χ0) is 17.0. The molecule has 2 aromatic rings. The van der Waals surface area contributed by atoms with E-state index in [0.29, 0.717) is 24.5 Å². The quantitative estimate of drug-likeness (QED) is 0.744. The third kappa shape index (κ3) is 4.32. The normalized spacial score (nSPS) is 12.1. The van der Waals surface area contributed by atoms with E-state index in [1.807, 2.05) is 6.92 Å². The molecule has 1 amide bonds. The molecule has 2 aromatic heterocycles. The first kappa shape index (κ1) is 17.0. The minimum Gasteiger partial charge on any atom is -0.476 e. The highest BCUT2D eigenvalue weighted by atomic mass is 35.5. The summed E-state index contributed by atoms with van der Waals surface area (Å²) < 4.78 is 3.06. The molecule has 0 aliphatic heterocycles. The lowest BCUT2D eigenvalue weighted by Gasteiger charge is -2.12. The number of carbonyl (C=O) groups is 2. The van der Waals surface area contributed by atoms with Crippen molar-refractivity contribution in [3.63, 3.8) is 0 Å². The summed E-state index contributed by atoms with van der Waals surface area (Å²) >= 11 is 5.92. The van der Waals surface area contributed by atoms with Crippen LogP contribution in [0.1, 0.15) is 35.6 Å². The predicted octanol–water partition coefficient (Wildman–Crippen LogP) is 1.51. The largest absolute Gasteiger partial charge is 0.476 e. The Morgan fingerprint density at radius 1 is 1.43 bits per heavy atom. The van der Waals surface area contributed by atoms with Crippen molar-refractivity contribution in [3.8, 4) is 0 Å². The van der Waals surface area contributed by atoms with Gasteiger partial charge in [-0.1, -0.05) is 11.6 Å². The number of nitrogens with zero attached hydrogens (tertiary/aromatic N) is 4. The molecule has 0 aromatic carbocycles. The lowest BCUT2D eigenvalue weighted by molar-refractivity contribution is -0.124. The molecule has 124 valence electrons. The number of aromatic carboxylic acids is 1. The summed E-state index contributed by atoms with van der Waals surface area (Å²) in [5, 5.41) is 20.3. The molecule has 2 heterocycles. The summed E-state index contributed by atoms with van der Waals surface area (Å²) in [5.74, 6) is -1.34. The van der Waals surface area contributed by atoms with Crippen LogP contribution in [0.5, 0.6) is 0 Å². The number of hydrogen-bond acceptors (Lipinski definition) is 4. The van der Waals surface area contributed by atoms with Crippen molar-refractivity contribution in [1.82, 2.24) is 24.9 Å². The Morgan fingerprint density at radius 3 is 2.74 bits per heavy atom. The maximum Gasteiger partial charge on any atom is 0.356 e. The summed E-state index contributed by atoms with van der Waals surface area (Å²) in [6.45, 7) is 4.61. The van der Waals surface area contributed by atoms with Crippen molar-refractivity contribution < 1.29 is 14.7 Å². The van der Waals surface area contributed by atoms with Gasteiger partial charge in [-0.2, -0.15) is 10.2 Å². The number of aryl methyl sites for hydroxylation is 2. The van der Waals surface area contributed by atoms with Crippen LogP contribution in [-0.4, -0.2) is 43.1 Å². The Kier molecular flexibility index (Phi) is 5.38. The number of amides is 1. The zero-order valence-corrected chi connectivity index (χ0v) is 13.6. The van der Waals surface area contributed by atoms with E-state index in [4.69, 9.17) is 16.7 Å². The van der Waals surface area contributed by atoms with Gasteiger partial charge in [0, 0.05) is 25.5 Å². The topological polar surface area (TPSA) is 102 Å². The van der Waals surface area contributed by atoms with Gasteiger partial charge in [-0.25, -0.2) is 4.79 Å². The second kappa shape index (κ2) is 7.28. The Hall–Kier alpha value is -2.35. The van der Waals surface area contributed by atoms with Crippen LogP contribution in [0, 0.1) is 6.92 Å². The summed E-state index contributed by atoms with van der Waals surface area (Å²) in [6.07, 6.45) is 3.93. The van der Waals surface area contributed by atoms with Crippen molar-refractivity contribution in [2.24, 2.45) is 0 Å². The van der Waals surface area contributed by atoms with Crippen molar-refractivity contribution in [1.29, 1.82) is 0 Å². The highest BCUT2D eigenvalue weighted by molar-refractivity contribution is 6.31. The number of rotatable bonds is 7. The van der Waals surface area contributed by atoms with E-state index in [2.05, 4.69) is 15.5 Å². The minimum atomic E-state index is -1.12. The number of carboxylic acids is 1. The summed E-state index contributed by atoms with van der Waals surface area (Å²) in [6, 6.07) is 0.778. The Balaban J connectivity index is 1.78. The highest BCUT2D eigenvalue weighted by Gasteiger charge is 2.17. The molecule has 0 saturated heterocycles. The van der Waals surface area contributed by atoms with E-state index in [9.17, 15) is 9.59 Å². The number of hydrogen-bond donors (Lipinski definition) is 2. The van der Waals surface area contributed by atoms with Crippen molar-refractivity contribution in [3.05, 3.63) is 34.9 Å². The molecule has 0 aliphatic rings. The fourth-order valence-corrected chi connectivity index (χ4v) is 2.15. The molecule has 0 bridgehead atoms. The zero-order valence-electron chi connectivity index (χ0n) is 12.9. The first-order valence-electron chi connectivity index (χ1n) is 7.14. The van der Waals surface area contributed by atoms with Crippen LogP contribution in [0.2, 0.25) is 5.02 Å². The van der Waals surface area contributed by atoms with E-state index in [0.717, 1.165) is 5.69 Å². The molecule has 0 saturated carbocycles. The van der Waals surface area contributed by atoms with Gasteiger partial charge in [-0.05, 0) is 26.3 Å². The molecule has 2 N–H and O–H groups in total. The molecule has 23 heavy (non-hydrogen) atoms. The average Bonchev–Trinajstić information content (AvgIpc) is 3.10. The second-order valence-corrected chi connectivity index (χ2v) is 5.54. The molecule has 0 spiro atoms. The van der Waals surface area contributed by atoms with Crippen molar-refractivity contribution >= 4 is 23.5 Å². The van der Waals surface area contributed by atoms with Gasteiger partial charge in [0.05, 0.1) is 10.7 Å². The molecule has 1 atom stereocenters. The van der Waals surface area contributed by atoms with Gasteiger partial charge in [0.15, 0.2) is 5.69 Å². The first-order chi connectivity index (χ1) is 10.9. The average molecular weight is 340 g/mol. The van der Waals surface area contributed by atoms with Gasteiger partial charge in [0.2, 0.25) is 5.91 Å². The van der Waals surface area contributed by atoms with Crippen LogP contribution >= 0.6 is 11.6 Å². The van der Waals surface area contributed by atoms with Crippen LogP contribution in [0.4, 0.5) is 0 Å². The summed E-state index contributed by atoms with van der Waals surface area (Å²) in [5.41, 5.74) is 0.688. The molecule has 0 aliphatic carbocycles. The Labute approximate surface area is 138 Å². The maximum atomic E-state index is 12.0. The number of nitrogens with one attached hydrogen (secondary N) is 1. The fourth-order valence-electron chi connectivity index (χ4n) is 2.00. The maximum absolute atomic E-state index is 12.0. The lowest BCUT2D eigenvalue weighted by Crippen LogP contribution is -2.32. The smallest absolute Gasteiger partial charge is 0.356 e. The van der Waals surface area contributed by atoms with Gasteiger partial charge in [0.25, 0.3) is 0 Å². The highest BCUT2D eigenvalue weighted by Crippen LogP contribution is 2.12. The van der Waals surface area contributed by atoms with E-state index in [-0.39, 0.29) is 11.6 Å². The first-order valence-corrected chi connectivity index (χ1v) is 7.52. The summed E-state index contributed by atoms with van der Waals surface area (Å²) in [4.78, 5) is 22.8. The molecule has 0 radical (unpaired) electrons.